The van der Waals surface area contributed by atoms with Gasteiger partial charge in [-0.25, -0.2) is 0 Å². The lowest BCUT2D eigenvalue weighted by atomic mass is 10.3. The van der Waals surface area contributed by atoms with Gasteiger partial charge in [0.2, 0.25) is 34.5 Å². The summed E-state index contributed by atoms with van der Waals surface area (Å²) in [5.41, 5.74) is 0. The fraction of sp³-hybridized carbons (Fsp3) is 0.143. The van der Waals surface area contributed by atoms with E-state index in [0.29, 0.717) is 0 Å². The highest BCUT2D eigenvalue weighted by molar-refractivity contribution is 9.37. The molecule has 2 nitrogen and oxygen atoms in total. The molecule has 20 heavy (non-hydrogen) atoms. The van der Waals surface area contributed by atoms with Gasteiger partial charge in [-0.3, -0.25) is 0 Å². The molecule has 1 aliphatic heterocycles. The summed E-state index contributed by atoms with van der Waals surface area (Å²) in [5.74, 6) is 1.60. The molecule has 3 rings (SSSR count). The van der Waals surface area contributed by atoms with Crippen LogP contribution in [-0.4, -0.2) is 16.8 Å². The third kappa shape index (κ3) is 3.09. The van der Waals surface area contributed by atoms with E-state index in [1.165, 1.54) is 0 Å². The fourth-order valence-electron chi connectivity index (χ4n) is 1.74. The minimum Gasteiger partial charge on any atom is -0.497 e. The van der Waals surface area contributed by atoms with Crippen LogP contribution < -0.4 is 20.1 Å². The molecular formula is C14H16O2P2S2+2. The Balaban J connectivity index is 1.77. The van der Waals surface area contributed by atoms with Gasteiger partial charge in [-0.05, 0) is 48.5 Å². The smallest absolute Gasteiger partial charge is 0.308 e. The minimum absolute atomic E-state index is 0.799. The second-order valence-electron chi connectivity index (χ2n) is 4.07. The molecule has 1 heterocycles. The van der Waals surface area contributed by atoms with E-state index in [1.807, 2.05) is 48.5 Å². The monoisotopic (exact) mass is 344 g/mol. The van der Waals surface area contributed by atoms with Crippen LogP contribution in [0.1, 0.15) is 0 Å². The summed E-state index contributed by atoms with van der Waals surface area (Å²) in [7, 11) is 3.27. The minimum atomic E-state index is -2.07. The average molecular weight is 344 g/mol. The molecule has 0 aromatic heterocycles. The molecule has 0 N–H and O–H groups in total. The highest BCUT2D eigenvalue weighted by Gasteiger charge is 2.54. The van der Waals surface area contributed by atoms with Crippen molar-refractivity contribution in [1.82, 2.24) is 0 Å². The van der Waals surface area contributed by atoms with Crippen molar-refractivity contribution in [2.75, 3.05) is 14.2 Å². The maximum atomic E-state index is 8.69. The summed E-state index contributed by atoms with van der Waals surface area (Å²) >= 11 is 3.10. The largest absolute Gasteiger partial charge is 0.497 e. The molecule has 0 spiro atoms. The molecule has 104 valence electrons. The normalized spacial score (nSPS) is 29.9. The van der Waals surface area contributed by atoms with Gasteiger partial charge in [-0.15, -0.1) is 0 Å². The first-order valence-corrected chi connectivity index (χ1v) is 12.8. The van der Waals surface area contributed by atoms with Gasteiger partial charge in [-0.2, -0.15) is 0 Å². The molecule has 0 aliphatic carbocycles. The van der Waals surface area contributed by atoms with Crippen LogP contribution in [0.5, 0.6) is 11.5 Å². The van der Waals surface area contributed by atoms with Gasteiger partial charge in [0.25, 0.3) is 0 Å². The molecule has 0 atom stereocenters. The summed E-state index contributed by atoms with van der Waals surface area (Å²) in [6.07, 6.45) is -4.15. The Morgan fingerprint density at radius 3 is 1.40 bits per heavy atom. The fourth-order valence-corrected chi connectivity index (χ4v) is 17.9. The first-order chi connectivity index (χ1) is 10.5. The molecular weight excluding hydrogens is 326 g/mol. The number of rotatable bonds is 4. The van der Waals surface area contributed by atoms with Crippen molar-refractivity contribution in [2.45, 2.75) is 0 Å². The molecule has 1 saturated heterocycles. The van der Waals surface area contributed by atoms with Gasteiger partial charge in [0, 0.05) is 0 Å². The molecule has 0 saturated carbocycles. The maximum Gasteiger partial charge on any atom is 0.308 e. The first-order valence-electron chi connectivity index (χ1n) is 6.94. The SMILES string of the molecule is [2H][P+]1(c2ccc(OC)cc2)S[P+]([2H])(c2ccc(OC)cc2)S1. The Labute approximate surface area is 131 Å². The lowest BCUT2D eigenvalue weighted by Crippen LogP contribution is -2.03. The third-order valence-corrected chi connectivity index (χ3v) is 21.7. The van der Waals surface area contributed by atoms with Crippen LogP contribution in [-0.2, 0) is 0 Å². The predicted molar refractivity (Wildman–Crippen MR) is 97.1 cm³/mol. The summed E-state index contributed by atoms with van der Waals surface area (Å²) in [6, 6.07) is 15.4. The quantitative estimate of drug-likeness (QED) is 0.773. The molecule has 2 aromatic carbocycles. The van der Waals surface area contributed by atoms with Gasteiger partial charge in [0.15, 0.2) is 0 Å². The van der Waals surface area contributed by atoms with Crippen molar-refractivity contribution >= 4 is 45.2 Å². The molecule has 0 amide bonds. The van der Waals surface area contributed by atoms with Crippen molar-refractivity contribution in [3.05, 3.63) is 48.5 Å². The number of hydrogen-bond donors (Lipinski definition) is 0. The zero-order valence-electron chi connectivity index (χ0n) is 13.1. The van der Waals surface area contributed by atoms with E-state index in [-0.39, 0.29) is 0 Å². The lowest BCUT2D eigenvalue weighted by Gasteiger charge is -2.15. The molecule has 0 unspecified atom stereocenters. The van der Waals surface area contributed by atoms with E-state index < -0.39 is 12.5 Å². The van der Waals surface area contributed by atoms with Crippen molar-refractivity contribution in [2.24, 2.45) is 0 Å². The molecule has 0 bridgehead atoms. The molecule has 2 aromatic rings. The van der Waals surface area contributed by atoms with Crippen molar-refractivity contribution < 1.29 is 9.47 Å². The second-order valence-corrected chi connectivity index (χ2v) is 16.1. The van der Waals surface area contributed by atoms with Crippen molar-refractivity contribution in [3.8, 4) is 11.5 Å². The Kier molecular flexibility index (Phi) is 4.00. The zero-order chi connectivity index (χ0) is 15.8. The number of hydrogen-bond acceptors (Lipinski definition) is 4. The van der Waals surface area contributed by atoms with E-state index in [0.717, 1.165) is 22.1 Å². The Morgan fingerprint density at radius 2 is 1.10 bits per heavy atom. The Morgan fingerprint density at radius 1 is 0.750 bits per heavy atom. The summed E-state index contributed by atoms with van der Waals surface area (Å²) in [6.45, 7) is 0. The second kappa shape index (κ2) is 6.58. The van der Waals surface area contributed by atoms with E-state index in [9.17, 15) is 0 Å². The number of methoxy groups -OCH3 is 2. The van der Waals surface area contributed by atoms with Gasteiger partial charge < -0.3 is 9.47 Å². The standard InChI is InChI=1S/C14H14O2P2S2/c1-15-11-3-7-13(8-4-11)17-19-18(20-17)14-9-5-12(16-2)6-10-14/h3-10H,1-2H3/p+2/i/hD2. The van der Waals surface area contributed by atoms with Crippen molar-refractivity contribution in [1.29, 1.82) is 2.56 Å². The van der Waals surface area contributed by atoms with Crippen molar-refractivity contribution in [3.63, 3.8) is 0 Å². The first kappa shape index (κ1) is 12.2. The van der Waals surface area contributed by atoms with Crippen LogP contribution in [0.3, 0.4) is 0 Å². The third-order valence-electron chi connectivity index (χ3n) is 2.86. The van der Waals surface area contributed by atoms with E-state index in [4.69, 9.17) is 12.0 Å². The van der Waals surface area contributed by atoms with Gasteiger partial charge in [0.05, 0.1) is 14.2 Å². The predicted octanol–water partition coefficient (Wildman–Crippen LogP) is 4.22. The lowest BCUT2D eigenvalue weighted by molar-refractivity contribution is 0.415. The van der Waals surface area contributed by atoms with Crippen LogP contribution in [0.2, 0.25) is 0 Å². The van der Waals surface area contributed by atoms with Gasteiger partial charge in [0.1, 0.15) is 22.1 Å². The van der Waals surface area contributed by atoms with E-state index in [1.54, 1.807) is 36.2 Å². The topological polar surface area (TPSA) is 18.5 Å². The van der Waals surface area contributed by atoms with Crippen LogP contribution in [0.25, 0.3) is 0 Å². The van der Waals surface area contributed by atoms with Gasteiger partial charge in [-0.1, -0.05) is 0 Å². The van der Waals surface area contributed by atoms with E-state index in [2.05, 4.69) is 0 Å². The van der Waals surface area contributed by atoms with E-state index >= 15 is 0 Å². The maximum absolute atomic E-state index is 8.69. The number of benzene rings is 2. The van der Waals surface area contributed by atoms with Crippen LogP contribution >= 0.6 is 34.5 Å². The Bertz CT molecular complexity index is 604. The Hall–Kier alpha value is -0.400. The molecule has 1 fully saturated rings. The number of ether oxygens (including phenoxy) is 2. The van der Waals surface area contributed by atoms with Gasteiger partial charge >= 0.3 is 2.56 Å². The summed E-state index contributed by atoms with van der Waals surface area (Å²) in [5, 5.41) is 2.03. The summed E-state index contributed by atoms with van der Waals surface area (Å²) < 4.78 is 27.7. The average Bonchev–Trinajstić information content (AvgIpc) is 2.53. The van der Waals surface area contributed by atoms with Crippen LogP contribution in [0.4, 0.5) is 0 Å². The zero-order valence-corrected chi connectivity index (χ0v) is 14.6. The molecule has 1 aliphatic rings. The highest BCUT2D eigenvalue weighted by atomic mass is 33.6. The molecule has 0 radical (unpaired) electrons. The van der Waals surface area contributed by atoms with Crippen LogP contribution in [0.15, 0.2) is 48.5 Å². The van der Waals surface area contributed by atoms with Crippen LogP contribution in [0, 0.1) is 0 Å². The molecule has 6 heteroatoms. The highest BCUT2D eigenvalue weighted by Crippen LogP contribution is 2.95. The summed E-state index contributed by atoms with van der Waals surface area (Å²) in [4.78, 5) is 0.